The van der Waals surface area contributed by atoms with E-state index < -0.39 is 5.79 Å². The van der Waals surface area contributed by atoms with Gasteiger partial charge in [0.2, 0.25) is 5.79 Å². The van der Waals surface area contributed by atoms with Gasteiger partial charge in [-0.25, -0.2) is 0 Å². The average Bonchev–Trinajstić information content (AvgIpc) is 2.19. The minimum atomic E-state index is -0.632. The lowest BCUT2D eigenvalue weighted by Crippen LogP contribution is -2.25. The van der Waals surface area contributed by atoms with Gasteiger partial charge in [-0.1, -0.05) is 36.9 Å². The Morgan fingerprint density at radius 1 is 1.21 bits per heavy atom. The predicted molar refractivity (Wildman–Crippen MR) is 57.6 cm³/mol. The van der Waals surface area contributed by atoms with E-state index in [-0.39, 0.29) is 0 Å². The van der Waals surface area contributed by atoms with Crippen LogP contribution < -0.4 is 0 Å². The third-order valence-corrected chi connectivity index (χ3v) is 1.96. The highest BCUT2D eigenvalue weighted by Gasteiger charge is 2.18. The van der Waals surface area contributed by atoms with Gasteiger partial charge in [0, 0.05) is 26.5 Å². The van der Waals surface area contributed by atoms with Crippen molar-refractivity contribution in [1.82, 2.24) is 0 Å². The molecule has 0 spiro atoms. The molecule has 1 aromatic rings. The van der Waals surface area contributed by atoms with Gasteiger partial charge in [-0.3, -0.25) is 0 Å². The van der Waals surface area contributed by atoms with E-state index in [1.54, 1.807) is 7.11 Å². The second-order valence-corrected chi connectivity index (χ2v) is 3.50. The van der Waals surface area contributed by atoms with Crippen LogP contribution in [0.25, 0.3) is 5.76 Å². The Morgan fingerprint density at radius 3 is 2.29 bits per heavy atom. The summed E-state index contributed by atoms with van der Waals surface area (Å²) in [5.74, 6) is -0.00938. The maximum atomic E-state index is 5.56. The first-order valence-corrected chi connectivity index (χ1v) is 4.53. The van der Waals surface area contributed by atoms with E-state index in [9.17, 15) is 0 Å². The average molecular weight is 192 g/mol. The van der Waals surface area contributed by atoms with Crippen LogP contribution in [0.3, 0.4) is 0 Å². The number of hydrogen-bond acceptors (Lipinski definition) is 2. The minimum absolute atomic E-state index is 0.623. The molecule has 14 heavy (non-hydrogen) atoms. The SMILES string of the molecule is C=C(OC(C)(C)OC)c1ccccc1. The Bertz CT molecular complexity index is 301. The van der Waals surface area contributed by atoms with Gasteiger partial charge in [0.15, 0.2) is 0 Å². The summed E-state index contributed by atoms with van der Waals surface area (Å²) >= 11 is 0. The van der Waals surface area contributed by atoms with Crippen molar-refractivity contribution in [2.75, 3.05) is 7.11 Å². The molecule has 0 unspecified atom stereocenters. The zero-order chi connectivity index (χ0) is 10.6. The Hall–Kier alpha value is -1.28. The predicted octanol–water partition coefficient (Wildman–Crippen LogP) is 3.06. The van der Waals surface area contributed by atoms with Crippen LogP contribution in [0.15, 0.2) is 36.9 Å². The molecule has 0 aromatic heterocycles. The molecule has 0 radical (unpaired) electrons. The molecule has 1 rings (SSSR count). The van der Waals surface area contributed by atoms with Crippen LogP contribution in [0, 0.1) is 0 Å². The molecule has 0 aliphatic rings. The van der Waals surface area contributed by atoms with Gasteiger partial charge in [-0.2, -0.15) is 0 Å². The Kier molecular flexibility index (Phi) is 3.31. The van der Waals surface area contributed by atoms with Gasteiger partial charge in [-0.05, 0) is 0 Å². The summed E-state index contributed by atoms with van der Waals surface area (Å²) in [6, 6.07) is 9.76. The van der Waals surface area contributed by atoms with E-state index >= 15 is 0 Å². The highest BCUT2D eigenvalue weighted by molar-refractivity contribution is 5.57. The third-order valence-electron chi connectivity index (χ3n) is 1.96. The Balaban J connectivity index is 2.69. The zero-order valence-corrected chi connectivity index (χ0v) is 8.91. The molecule has 2 nitrogen and oxygen atoms in total. The number of benzene rings is 1. The van der Waals surface area contributed by atoms with Gasteiger partial charge in [0.25, 0.3) is 0 Å². The first-order chi connectivity index (χ1) is 6.55. The van der Waals surface area contributed by atoms with Crippen LogP contribution in [-0.2, 0) is 9.47 Å². The largest absolute Gasteiger partial charge is 0.463 e. The maximum absolute atomic E-state index is 5.56. The van der Waals surface area contributed by atoms with Crippen molar-refractivity contribution in [3.63, 3.8) is 0 Å². The molecule has 1 aromatic carbocycles. The number of hydrogen-bond donors (Lipinski definition) is 0. The third kappa shape index (κ3) is 2.89. The lowest BCUT2D eigenvalue weighted by atomic mass is 10.2. The maximum Gasteiger partial charge on any atom is 0.204 e. The van der Waals surface area contributed by atoms with E-state index in [1.165, 1.54) is 0 Å². The summed E-state index contributed by atoms with van der Waals surface area (Å²) in [5.41, 5.74) is 0.970. The first-order valence-electron chi connectivity index (χ1n) is 4.53. The lowest BCUT2D eigenvalue weighted by Gasteiger charge is -2.25. The Labute approximate surface area is 85.2 Å². The highest BCUT2D eigenvalue weighted by Crippen LogP contribution is 2.21. The van der Waals surface area contributed by atoms with E-state index in [2.05, 4.69) is 6.58 Å². The summed E-state index contributed by atoms with van der Waals surface area (Å²) in [6.07, 6.45) is 0. The molecule has 0 aliphatic carbocycles. The van der Waals surface area contributed by atoms with Crippen molar-refractivity contribution in [2.24, 2.45) is 0 Å². The standard InChI is InChI=1S/C12H16O2/c1-10(14-12(2,3)13-4)11-8-6-5-7-9-11/h5-9H,1H2,2-4H3. The van der Waals surface area contributed by atoms with Gasteiger partial charge < -0.3 is 9.47 Å². The Morgan fingerprint density at radius 2 is 1.79 bits per heavy atom. The summed E-state index contributed by atoms with van der Waals surface area (Å²) < 4.78 is 10.7. The molecule has 0 aliphatic heterocycles. The number of methoxy groups -OCH3 is 1. The quantitative estimate of drug-likeness (QED) is 0.539. The van der Waals surface area contributed by atoms with Crippen LogP contribution in [0.5, 0.6) is 0 Å². The molecule has 76 valence electrons. The molecule has 0 atom stereocenters. The molecule has 0 saturated heterocycles. The molecule has 0 heterocycles. The molecule has 0 N–H and O–H groups in total. The van der Waals surface area contributed by atoms with E-state index in [0.717, 1.165) is 5.56 Å². The van der Waals surface area contributed by atoms with Crippen molar-refractivity contribution in [3.05, 3.63) is 42.5 Å². The molecule has 0 amide bonds. The van der Waals surface area contributed by atoms with E-state index in [0.29, 0.717) is 5.76 Å². The first kappa shape index (κ1) is 10.8. The van der Waals surface area contributed by atoms with Gasteiger partial charge in [0.1, 0.15) is 5.76 Å². The number of ether oxygens (including phenoxy) is 2. The molecular weight excluding hydrogens is 176 g/mol. The van der Waals surface area contributed by atoms with Crippen molar-refractivity contribution in [2.45, 2.75) is 19.6 Å². The van der Waals surface area contributed by atoms with Crippen LogP contribution >= 0.6 is 0 Å². The molecular formula is C12H16O2. The molecule has 0 fully saturated rings. The fraction of sp³-hybridized carbons (Fsp3) is 0.333. The summed E-state index contributed by atoms with van der Waals surface area (Å²) in [7, 11) is 1.61. The number of rotatable bonds is 4. The second kappa shape index (κ2) is 4.29. The summed E-state index contributed by atoms with van der Waals surface area (Å²) in [5, 5.41) is 0. The van der Waals surface area contributed by atoms with Crippen molar-refractivity contribution in [3.8, 4) is 0 Å². The van der Waals surface area contributed by atoms with Crippen LogP contribution in [-0.4, -0.2) is 12.9 Å². The normalized spacial score (nSPS) is 11.1. The second-order valence-electron chi connectivity index (χ2n) is 3.50. The zero-order valence-electron chi connectivity index (χ0n) is 8.91. The summed E-state index contributed by atoms with van der Waals surface area (Å²) in [4.78, 5) is 0. The van der Waals surface area contributed by atoms with Crippen molar-refractivity contribution >= 4 is 5.76 Å². The van der Waals surface area contributed by atoms with E-state index in [1.807, 2.05) is 44.2 Å². The van der Waals surface area contributed by atoms with Gasteiger partial charge in [0.05, 0.1) is 0 Å². The monoisotopic (exact) mass is 192 g/mol. The topological polar surface area (TPSA) is 18.5 Å². The van der Waals surface area contributed by atoms with Crippen LogP contribution in [0.2, 0.25) is 0 Å². The van der Waals surface area contributed by atoms with Crippen molar-refractivity contribution in [1.29, 1.82) is 0 Å². The minimum Gasteiger partial charge on any atom is -0.463 e. The van der Waals surface area contributed by atoms with Crippen molar-refractivity contribution < 1.29 is 9.47 Å². The van der Waals surface area contributed by atoms with Crippen LogP contribution in [0.4, 0.5) is 0 Å². The lowest BCUT2D eigenvalue weighted by molar-refractivity contribution is -0.151. The van der Waals surface area contributed by atoms with E-state index in [4.69, 9.17) is 9.47 Å². The molecule has 0 saturated carbocycles. The molecule has 2 heteroatoms. The summed E-state index contributed by atoms with van der Waals surface area (Å²) in [6.45, 7) is 7.55. The van der Waals surface area contributed by atoms with Gasteiger partial charge >= 0.3 is 0 Å². The van der Waals surface area contributed by atoms with Crippen LogP contribution in [0.1, 0.15) is 19.4 Å². The highest BCUT2D eigenvalue weighted by atomic mass is 16.7. The fourth-order valence-electron chi connectivity index (χ4n) is 1.02. The fourth-order valence-corrected chi connectivity index (χ4v) is 1.02. The molecule has 0 bridgehead atoms. The van der Waals surface area contributed by atoms with Gasteiger partial charge in [-0.15, -0.1) is 0 Å². The smallest absolute Gasteiger partial charge is 0.204 e.